The molecule has 6 heteroatoms. The number of allylic oxidation sites excluding steroid dienone is 3. The van der Waals surface area contributed by atoms with E-state index in [1.54, 1.807) is 24.3 Å². The van der Waals surface area contributed by atoms with Crippen molar-refractivity contribution >= 4 is 54.9 Å². The fourth-order valence-electron chi connectivity index (χ4n) is 7.46. The smallest absolute Gasteiger partial charge is 0.206 e. The fourth-order valence-corrected chi connectivity index (χ4v) is 8.84. The zero-order valence-electron chi connectivity index (χ0n) is 28.6. The minimum absolute atomic E-state index is 0.277. The molecular weight excluding hydrogens is 659 g/mol. The van der Waals surface area contributed by atoms with Crippen molar-refractivity contribution in [2.75, 3.05) is 9.80 Å². The molecular formula is C46H35N3O2S. The molecule has 9 rings (SSSR count). The normalized spacial score (nSPS) is 13.8. The molecule has 252 valence electrons. The number of hydrogen-bond acceptors (Lipinski definition) is 5. The van der Waals surface area contributed by atoms with Crippen LogP contribution in [0.5, 0.6) is 0 Å². The maximum Gasteiger partial charge on any atom is 0.206 e. The van der Waals surface area contributed by atoms with Crippen molar-refractivity contribution in [3.63, 3.8) is 0 Å². The molecule has 1 aliphatic heterocycles. The molecule has 0 saturated carbocycles. The van der Waals surface area contributed by atoms with Gasteiger partial charge in [-0.2, -0.15) is 0 Å². The topological polar surface area (TPSA) is 53.5 Å². The van der Waals surface area contributed by atoms with Gasteiger partial charge in [0.2, 0.25) is 9.84 Å². The Morgan fingerprint density at radius 3 is 1.79 bits per heavy atom. The van der Waals surface area contributed by atoms with Crippen LogP contribution in [0.3, 0.4) is 0 Å². The molecule has 2 heterocycles. The second-order valence-corrected chi connectivity index (χ2v) is 15.1. The van der Waals surface area contributed by atoms with E-state index in [1.165, 1.54) is 0 Å². The monoisotopic (exact) mass is 693 g/mol. The number of para-hydroxylation sites is 5. The van der Waals surface area contributed by atoms with Crippen LogP contribution in [0, 0.1) is 6.92 Å². The van der Waals surface area contributed by atoms with E-state index < -0.39 is 9.84 Å². The van der Waals surface area contributed by atoms with Crippen molar-refractivity contribution in [1.29, 1.82) is 0 Å². The first-order valence-corrected chi connectivity index (χ1v) is 19.0. The van der Waals surface area contributed by atoms with E-state index in [0.717, 1.165) is 85.8 Å². The first-order valence-electron chi connectivity index (χ1n) is 17.5. The van der Waals surface area contributed by atoms with Gasteiger partial charge in [-0.1, -0.05) is 103 Å². The van der Waals surface area contributed by atoms with E-state index in [-0.39, 0.29) is 4.90 Å². The van der Waals surface area contributed by atoms with Crippen molar-refractivity contribution in [1.82, 2.24) is 4.98 Å². The maximum absolute atomic E-state index is 13.5. The van der Waals surface area contributed by atoms with Crippen LogP contribution >= 0.6 is 0 Å². The van der Waals surface area contributed by atoms with E-state index in [2.05, 4.69) is 132 Å². The summed E-state index contributed by atoms with van der Waals surface area (Å²) in [5, 5.41) is 1.07. The van der Waals surface area contributed by atoms with Crippen LogP contribution in [0.15, 0.2) is 180 Å². The summed E-state index contributed by atoms with van der Waals surface area (Å²) in [6.07, 6.45) is 7.02. The Hall–Kier alpha value is -6.24. The van der Waals surface area contributed by atoms with Gasteiger partial charge in [0.05, 0.1) is 49.4 Å². The van der Waals surface area contributed by atoms with Crippen LogP contribution in [0.2, 0.25) is 0 Å². The maximum atomic E-state index is 13.5. The Morgan fingerprint density at radius 2 is 1.17 bits per heavy atom. The van der Waals surface area contributed by atoms with Gasteiger partial charge in [-0.25, -0.2) is 13.4 Å². The second kappa shape index (κ2) is 12.8. The average molecular weight is 694 g/mol. The van der Waals surface area contributed by atoms with Crippen LogP contribution in [-0.4, -0.2) is 13.4 Å². The third kappa shape index (κ3) is 5.31. The van der Waals surface area contributed by atoms with Gasteiger partial charge in [-0.05, 0) is 103 Å². The van der Waals surface area contributed by atoms with Gasteiger partial charge in [0.15, 0.2) is 0 Å². The van der Waals surface area contributed by atoms with E-state index in [0.29, 0.717) is 4.91 Å². The van der Waals surface area contributed by atoms with Crippen LogP contribution in [0.4, 0.5) is 34.1 Å². The zero-order chi connectivity index (χ0) is 35.2. The molecule has 0 amide bonds. The summed E-state index contributed by atoms with van der Waals surface area (Å²) in [6.45, 7) is 2.14. The molecule has 0 fully saturated rings. The summed E-state index contributed by atoms with van der Waals surface area (Å²) in [7, 11) is -3.61. The summed E-state index contributed by atoms with van der Waals surface area (Å²) >= 11 is 0. The Balaban J connectivity index is 1.27. The zero-order valence-corrected chi connectivity index (χ0v) is 29.5. The van der Waals surface area contributed by atoms with Crippen LogP contribution in [-0.2, 0) is 9.84 Å². The molecule has 0 spiro atoms. The lowest BCUT2D eigenvalue weighted by atomic mass is 9.94. The molecule has 1 aliphatic carbocycles. The lowest BCUT2D eigenvalue weighted by Gasteiger charge is -2.40. The number of pyridine rings is 1. The number of rotatable bonds is 6. The number of fused-ring (bicyclic) bond motifs is 3. The quantitative estimate of drug-likeness (QED) is 0.173. The highest BCUT2D eigenvalue weighted by Gasteiger charge is 2.31. The van der Waals surface area contributed by atoms with Gasteiger partial charge in [-0.3, -0.25) is 0 Å². The fraction of sp³-hybridized carbons (Fsp3) is 0.0652. The predicted molar refractivity (Wildman–Crippen MR) is 214 cm³/mol. The average Bonchev–Trinajstić information content (AvgIpc) is 3.21. The first-order chi connectivity index (χ1) is 25.5. The van der Waals surface area contributed by atoms with Crippen molar-refractivity contribution in [3.05, 3.63) is 180 Å². The Bertz CT molecular complexity index is 2600. The lowest BCUT2D eigenvalue weighted by Crippen LogP contribution is -2.24. The number of aryl methyl sites for hydroxylation is 1. The van der Waals surface area contributed by atoms with Crippen molar-refractivity contribution < 1.29 is 8.42 Å². The summed E-state index contributed by atoms with van der Waals surface area (Å²) in [5.74, 6) is 0. The highest BCUT2D eigenvalue weighted by molar-refractivity contribution is 7.95. The highest BCUT2D eigenvalue weighted by Crippen LogP contribution is 2.55. The van der Waals surface area contributed by atoms with Crippen molar-refractivity contribution in [3.8, 4) is 22.4 Å². The SMILES string of the molecule is Cc1ccc(N2c3ccccc3N(c3ccccc3)c3ccccc32)c2nc(-c3ccc(S(=O)(=O)C4=CCCC=C4)cc3)cc(-c3ccccc3)c12. The van der Waals surface area contributed by atoms with Crippen LogP contribution < -0.4 is 9.80 Å². The van der Waals surface area contributed by atoms with Crippen LogP contribution in [0.1, 0.15) is 18.4 Å². The third-order valence-corrected chi connectivity index (χ3v) is 11.8. The molecule has 0 radical (unpaired) electrons. The van der Waals surface area contributed by atoms with Gasteiger partial charge in [-0.15, -0.1) is 0 Å². The number of benzene rings is 6. The number of anilines is 6. The first kappa shape index (κ1) is 31.7. The highest BCUT2D eigenvalue weighted by atomic mass is 32.2. The van der Waals surface area contributed by atoms with Gasteiger partial charge in [0.25, 0.3) is 0 Å². The molecule has 7 aromatic rings. The molecule has 6 aromatic carbocycles. The lowest BCUT2D eigenvalue weighted by molar-refractivity contribution is 0.602. The van der Waals surface area contributed by atoms with E-state index in [9.17, 15) is 8.42 Å². The van der Waals surface area contributed by atoms with Crippen molar-refractivity contribution in [2.45, 2.75) is 24.7 Å². The molecule has 0 atom stereocenters. The molecule has 0 saturated heterocycles. The largest absolute Gasteiger partial charge is 0.306 e. The van der Waals surface area contributed by atoms with Gasteiger partial charge < -0.3 is 9.80 Å². The number of nitrogens with zero attached hydrogens (tertiary/aromatic N) is 3. The second-order valence-electron chi connectivity index (χ2n) is 13.1. The van der Waals surface area contributed by atoms with E-state index in [1.807, 2.05) is 30.3 Å². The van der Waals surface area contributed by atoms with E-state index >= 15 is 0 Å². The molecule has 5 nitrogen and oxygen atoms in total. The summed E-state index contributed by atoms with van der Waals surface area (Å²) < 4.78 is 27.0. The minimum atomic E-state index is -3.61. The number of aromatic nitrogens is 1. The molecule has 1 aromatic heterocycles. The third-order valence-electron chi connectivity index (χ3n) is 9.95. The molecule has 0 N–H and O–H groups in total. The number of sulfone groups is 1. The number of hydrogen-bond donors (Lipinski definition) is 0. The standard InChI is InChI=1S/C46H35N3O2S/c1-32-25-30-44(49-42-23-13-11-21-40(42)48(35-17-7-3-8-18-35)41-22-12-14-24-43(41)49)46-45(32)38(33-15-5-2-6-16-33)31-39(47-46)34-26-28-37(29-27-34)52(50,51)36-19-9-4-10-20-36/h2-3,5-9,11-31H,4,10H2,1H3. The molecule has 52 heavy (non-hydrogen) atoms. The molecule has 0 unspecified atom stereocenters. The Morgan fingerprint density at radius 1 is 0.577 bits per heavy atom. The predicted octanol–water partition coefficient (Wildman–Crippen LogP) is 12.1. The summed E-state index contributed by atoms with van der Waals surface area (Å²) in [4.78, 5) is 10.7. The van der Waals surface area contributed by atoms with E-state index in [4.69, 9.17) is 4.98 Å². The van der Waals surface area contributed by atoms with Gasteiger partial charge in [0.1, 0.15) is 0 Å². The molecule has 2 aliphatic rings. The van der Waals surface area contributed by atoms with Gasteiger partial charge >= 0.3 is 0 Å². The Labute approximate surface area is 304 Å². The molecule has 0 bridgehead atoms. The van der Waals surface area contributed by atoms with Crippen LogP contribution in [0.25, 0.3) is 33.3 Å². The summed E-state index contributed by atoms with van der Waals surface area (Å²) in [5.41, 5.74) is 12.0. The minimum Gasteiger partial charge on any atom is -0.306 e. The Kier molecular flexibility index (Phi) is 7.82. The van der Waals surface area contributed by atoms with Crippen molar-refractivity contribution in [2.24, 2.45) is 0 Å². The summed E-state index contributed by atoms with van der Waals surface area (Å²) in [6, 6.07) is 51.6. The van der Waals surface area contributed by atoms with Gasteiger partial charge in [0, 0.05) is 16.6 Å².